The normalized spacial score (nSPS) is 44.1. The lowest BCUT2D eigenvalue weighted by molar-refractivity contribution is -0.327. The molecule has 0 aromatic rings. The van der Waals surface area contributed by atoms with Crippen molar-refractivity contribution in [2.24, 2.45) is 0 Å². The van der Waals surface area contributed by atoms with E-state index < -0.39 is 79.6 Å². The molecule has 0 aliphatic carbocycles. The summed E-state index contributed by atoms with van der Waals surface area (Å²) in [6.07, 6.45) is -12.4. The fourth-order valence-electron chi connectivity index (χ4n) is 3.45. The number of amides is 1. The van der Waals surface area contributed by atoms with Crippen molar-refractivity contribution in [1.29, 1.82) is 0 Å². The number of hydrogen-bond donors (Lipinski definition) is 6. The molecule has 0 aromatic heterocycles. The smallest absolute Gasteiger partial charge is 0.335 e. The summed E-state index contributed by atoms with van der Waals surface area (Å²) in [6, 6.07) is -0.897. The lowest BCUT2D eigenvalue weighted by Crippen LogP contribution is -2.67. The molecule has 0 unspecified atom stereocenters. The second-order valence-electron chi connectivity index (χ2n) is 6.82. The van der Waals surface area contributed by atoms with E-state index in [0.717, 1.165) is 7.11 Å². The van der Waals surface area contributed by atoms with Crippen LogP contribution in [0.2, 0.25) is 0 Å². The number of aliphatic hydroxyl groups is 4. The predicted molar refractivity (Wildman–Crippen MR) is 89.0 cm³/mol. The number of carboxylic acid groups (broad SMARTS) is 1. The maximum absolute atomic E-state index is 11.5. The van der Waals surface area contributed by atoms with Crippen LogP contribution in [0.5, 0.6) is 0 Å². The summed E-state index contributed by atoms with van der Waals surface area (Å²) >= 11 is 0. The average molecular weight is 409 g/mol. The Balaban J connectivity index is 2.26. The van der Waals surface area contributed by atoms with Crippen molar-refractivity contribution < 1.29 is 54.1 Å². The lowest BCUT2D eigenvalue weighted by Gasteiger charge is -2.47. The molecular formula is C16H27NO11. The highest BCUT2D eigenvalue weighted by atomic mass is 16.7. The van der Waals surface area contributed by atoms with Crippen LogP contribution in [0.15, 0.2) is 0 Å². The predicted octanol–water partition coefficient (Wildman–Crippen LogP) is -3.44. The Morgan fingerprint density at radius 1 is 1.07 bits per heavy atom. The zero-order chi connectivity index (χ0) is 21.2. The fraction of sp³-hybridized carbons (Fsp3) is 0.875. The minimum atomic E-state index is -1.70. The first-order chi connectivity index (χ1) is 13.1. The molecule has 6 N–H and O–H groups in total. The van der Waals surface area contributed by atoms with Crippen LogP contribution in [0.25, 0.3) is 0 Å². The van der Waals surface area contributed by atoms with Crippen molar-refractivity contribution in [3.8, 4) is 0 Å². The molecule has 10 atom stereocenters. The maximum atomic E-state index is 11.5. The number of methoxy groups -OCH3 is 1. The van der Waals surface area contributed by atoms with Gasteiger partial charge in [0.05, 0.1) is 18.8 Å². The van der Waals surface area contributed by atoms with Crippen LogP contribution in [0.1, 0.15) is 13.8 Å². The molecule has 12 heteroatoms. The zero-order valence-electron chi connectivity index (χ0n) is 15.7. The summed E-state index contributed by atoms with van der Waals surface area (Å²) in [5, 5.41) is 52.2. The number of carboxylic acids is 1. The Bertz CT molecular complexity index is 561. The topological polar surface area (TPSA) is 184 Å². The third-order valence-corrected chi connectivity index (χ3v) is 4.87. The molecular weight excluding hydrogens is 382 g/mol. The summed E-state index contributed by atoms with van der Waals surface area (Å²) in [5.41, 5.74) is 0. The number of rotatable bonds is 6. The summed E-state index contributed by atoms with van der Waals surface area (Å²) in [6.45, 7) is 2.28. The van der Waals surface area contributed by atoms with Gasteiger partial charge in [-0.2, -0.15) is 0 Å². The Kier molecular flexibility index (Phi) is 7.70. The number of carbonyl (C=O) groups is 2. The number of aliphatic carboxylic acids is 1. The van der Waals surface area contributed by atoms with Gasteiger partial charge in [0.1, 0.15) is 36.6 Å². The molecule has 0 aromatic carbocycles. The molecule has 2 heterocycles. The zero-order valence-corrected chi connectivity index (χ0v) is 15.7. The first-order valence-corrected chi connectivity index (χ1v) is 8.76. The van der Waals surface area contributed by atoms with Crippen molar-refractivity contribution in [2.45, 2.75) is 75.0 Å². The molecule has 2 aliphatic heterocycles. The SMILES string of the molecule is CO[C@@H]1[C@@H](O)[C@@H](O)[C@@H](O[C@@H]2[C@@H](O)[C@@H](CO)O[C@H](C)[C@H]2NC(C)=O)O[C@H]1C(=O)O. The van der Waals surface area contributed by atoms with Gasteiger partial charge in [0.2, 0.25) is 5.91 Å². The molecule has 0 saturated carbocycles. The van der Waals surface area contributed by atoms with Crippen molar-refractivity contribution in [3.63, 3.8) is 0 Å². The van der Waals surface area contributed by atoms with E-state index in [9.17, 15) is 35.1 Å². The standard InChI is InChI=1S/C16H27NO11/c1-5-8(17-6(2)19)12(9(20)7(4-18)26-5)27-16-11(22)10(21)13(25-3)14(28-16)15(23)24/h5,7-14,16,18,20-22H,4H2,1-3H3,(H,17,19)(H,23,24)/t5-,7-,8-,9+,10+,11-,12+,13-,14-,16+/m1/s1. The molecule has 0 spiro atoms. The van der Waals surface area contributed by atoms with E-state index in [4.69, 9.17) is 18.9 Å². The lowest BCUT2D eigenvalue weighted by atomic mass is 9.92. The van der Waals surface area contributed by atoms with E-state index in [1.807, 2.05) is 0 Å². The largest absolute Gasteiger partial charge is 0.479 e. The quantitative estimate of drug-likeness (QED) is 0.256. The van der Waals surface area contributed by atoms with Gasteiger partial charge in [-0.3, -0.25) is 4.79 Å². The summed E-state index contributed by atoms with van der Waals surface area (Å²) in [4.78, 5) is 23.0. The maximum Gasteiger partial charge on any atom is 0.335 e. The number of ether oxygens (including phenoxy) is 4. The third kappa shape index (κ3) is 4.60. The highest BCUT2D eigenvalue weighted by Gasteiger charge is 2.52. The van der Waals surface area contributed by atoms with Crippen LogP contribution >= 0.6 is 0 Å². The van der Waals surface area contributed by atoms with E-state index in [2.05, 4.69) is 5.32 Å². The Labute approximate surface area is 160 Å². The van der Waals surface area contributed by atoms with Crippen LogP contribution in [0, 0.1) is 0 Å². The number of hydrogen-bond acceptors (Lipinski definition) is 10. The molecule has 2 aliphatic rings. The van der Waals surface area contributed by atoms with Gasteiger partial charge in [-0.15, -0.1) is 0 Å². The van der Waals surface area contributed by atoms with E-state index in [1.165, 1.54) is 6.92 Å². The second-order valence-corrected chi connectivity index (χ2v) is 6.82. The monoisotopic (exact) mass is 409 g/mol. The van der Waals surface area contributed by atoms with E-state index in [1.54, 1.807) is 6.92 Å². The van der Waals surface area contributed by atoms with Crippen molar-refractivity contribution in [3.05, 3.63) is 0 Å². The van der Waals surface area contributed by atoms with E-state index in [-0.39, 0.29) is 0 Å². The van der Waals surface area contributed by atoms with Crippen LogP contribution < -0.4 is 5.32 Å². The molecule has 1 amide bonds. The molecule has 0 radical (unpaired) electrons. The molecule has 0 bridgehead atoms. The Morgan fingerprint density at radius 3 is 2.21 bits per heavy atom. The van der Waals surface area contributed by atoms with Gasteiger partial charge >= 0.3 is 5.97 Å². The van der Waals surface area contributed by atoms with Gasteiger partial charge in [-0.1, -0.05) is 0 Å². The minimum Gasteiger partial charge on any atom is -0.479 e. The molecule has 162 valence electrons. The first kappa shape index (κ1) is 22.9. The molecule has 2 saturated heterocycles. The summed E-state index contributed by atoms with van der Waals surface area (Å²) in [7, 11) is 1.16. The minimum absolute atomic E-state index is 0.447. The highest BCUT2D eigenvalue weighted by Crippen LogP contribution is 2.30. The van der Waals surface area contributed by atoms with Crippen LogP contribution in [-0.2, 0) is 28.5 Å². The van der Waals surface area contributed by atoms with Gasteiger partial charge in [0.25, 0.3) is 0 Å². The molecule has 2 rings (SSSR count). The Morgan fingerprint density at radius 2 is 1.71 bits per heavy atom. The second kappa shape index (κ2) is 9.41. The van der Waals surface area contributed by atoms with Gasteiger partial charge in [-0.25, -0.2) is 4.79 Å². The number of carbonyl (C=O) groups excluding carboxylic acids is 1. The van der Waals surface area contributed by atoms with Gasteiger partial charge in [0, 0.05) is 14.0 Å². The van der Waals surface area contributed by atoms with Crippen LogP contribution in [-0.4, -0.2) is 112 Å². The number of nitrogens with one attached hydrogen (secondary N) is 1. The molecule has 28 heavy (non-hydrogen) atoms. The van der Waals surface area contributed by atoms with Crippen molar-refractivity contribution >= 4 is 11.9 Å². The van der Waals surface area contributed by atoms with Crippen LogP contribution in [0.4, 0.5) is 0 Å². The van der Waals surface area contributed by atoms with Crippen molar-refractivity contribution in [2.75, 3.05) is 13.7 Å². The first-order valence-electron chi connectivity index (χ1n) is 8.76. The summed E-state index contributed by atoms with van der Waals surface area (Å²) in [5.74, 6) is -1.89. The van der Waals surface area contributed by atoms with Gasteiger partial charge < -0.3 is 49.8 Å². The summed E-state index contributed by atoms with van der Waals surface area (Å²) < 4.78 is 21.2. The van der Waals surface area contributed by atoms with E-state index >= 15 is 0 Å². The molecule has 2 fully saturated rings. The van der Waals surface area contributed by atoms with E-state index in [0.29, 0.717) is 0 Å². The average Bonchev–Trinajstić information content (AvgIpc) is 2.63. The van der Waals surface area contributed by atoms with Crippen LogP contribution in [0.3, 0.4) is 0 Å². The van der Waals surface area contributed by atoms with Gasteiger partial charge in [-0.05, 0) is 6.92 Å². The molecule has 12 nitrogen and oxygen atoms in total. The Hall–Kier alpha value is -1.38. The highest BCUT2D eigenvalue weighted by molar-refractivity contribution is 5.73. The number of aliphatic hydroxyl groups excluding tert-OH is 4. The third-order valence-electron chi connectivity index (χ3n) is 4.87. The fourth-order valence-corrected chi connectivity index (χ4v) is 3.45. The van der Waals surface area contributed by atoms with Crippen molar-refractivity contribution in [1.82, 2.24) is 5.32 Å². The van der Waals surface area contributed by atoms with Gasteiger partial charge in [0.15, 0.2) is 12.4 Å².